The van der Waals surface area contributed by atoms with Gasteiger partial charge in [-0.3, -0.25) is 4.79 Å². The van der Waals surface area contributed by atoms with Crippen LogP contribution in [0.5, 0.6) is 0 Å². The standard InChI is InChI=1S/C13H19ClN2O3S/c1-4-16(5-2)13(17)10-15(3)20(18,19)12-9-7-6-8-11(12)14/h6-9H,4-5,10H2,1-3H3. The van der Waals surface area contributed by atoms with Gasteiger partial charge in [0.1, 0.15) is 4.90 Å². The number of nitrogens with zero attached hydrogens (tertiary/aromatic N) is 2. The van der Waals surface area contributed by atoms with Crippen molar-refractivity contribution in [1.29, 1.82) is 0 Å². The topological polar surface area (TPSA) is 57.7 Å². The molecule has 112 valence electrons. The second kappa shape index (κ2) is 7.06. The van der Waals surface area contributed by atoms with E-state index in [9.17, 15) is 13.2 Å². The van der Waals surface area contributed by atoms with Crippen LogP contribution in [0.4, 0.5) is 0 Å². The number of amides is 1. The average Bonchev–Trinajstić information content (AvgIpc) is 2.40. The van der Waals surface area contributed by atoms with Gasteiger partial charge >= 0.3 is 0 Å². The summed E-state index contributed by atoms with van der Waals surface area (Å²) >= 11 is 5.91. The molecule has 1 amide bonds. The van der Waals surface area contributed by atoms with Gasteiger partial charge in [0, 0.05) is 20.1 Å². The predicted molar refractivity (Wildman–Crippen MR) is 79.2 cm³/mol. The molecule has 0 radical (unpaired) electrons. The Labute approximate surface area is 125 Å². The van der Waals surface area contributed by atoms with Crippen molar-refractivity contribution in [3.63, 3.8) is 0 Å². The number of hydrogen-bond donors (Lipinski definition) is 0. The molecule has 0 unspecified atom stereocenters. The molecular weight excluding hydrogens is 300 g/mol. The lowest BCUT2D eigenvalue weighted by atomic mass is 10.4. The third-order valence-electron chi connectivity index (χ3n) is 3.00. The fraction of sp³-hybridized carbons (Fsp3) is 0.462. The summed E-state index contributed by atoms with van der Waals surface area (Å²) in [5.41, 5.74) is 0. The zero-order valence-corrected chi connectivity index (χ0v) is 13.4. The van der Waals surface area contributed by atoms with Crippen molar-refractivity contribution in [1.82, 2.24) is 9.21 Å². The first-order chi connectivity index (χ1) is 9.34. The quantitative estimate of drug-likeness (QED) is 0.804. The van der Waals surface area contributed by atoms with Crippen LogP contribution in [0, 0.1) is 0 Å². The first-order valence-corrected chi connectivity index (χ1v) is 8.15. The van der Waals surface area contributed by atoms with Crippen molar-refractivity contribution in [2.75, 3.05) is 26.7 Å². The Morgan fingerprint density at radius 2 is 1.75 bits per heavy atom. The maximum Gasteiger partial charge on any atom is 0.244 e. The van der Waals surface area contributed by atoms with Gasteiger partial charge in [-0.05, 0) is 26.0 Å². The van der Waals surface area contributed by atoms with Crippen molar-refractivity contribution in [2.45, 2.75) is 18.7 Å². The minimum Gasteiger partial charge on any atom is -0.342 e. The van der Waals surface area contributed by atoms with Gasteiger partial charge in [0.15, 0.2) is 0 Å². The van der Waals surface area contributed by atoms with E-state index in [0.29, 0.717) is 13.1 Å². The Hall–Kier alpha value is -1.11. The zero-order chi connectivity index (χ0) is 15.3. The fourth-order valence-corrected chi connectivity index (χ4v) is 3.38. The number of benzene rings is 1. The van der Waals surface area contributed by atoms with E-state index in [-0.39, 0.29) is 22.4 Å². The number of sulfonamides is 1. The molecule has 0 bridgehead atoms. The van der Waals surface area contributed by atoms with E-state index in [2.05, 4.69) is 0 Å². The molecule has 0 saturated heterocycles. The van der Waals surface area contributed by atoms with Crippen LogP contribution in [0.15, 0.2) is 29.2 Å². The van der Waals surface area contributed by atoms with Crippen molar-refractivity contribution in [3.8, 4) is 0 Å². The second-order valence-corrected chi connectivity index (χ2v) is 6.68. The highest BCUT2D eigenvalue weighted by Gasteiger charge is 2.26. The van der Waals surface area contributed by atoms with Gasteiger partial charge in [-0.1, -0.05) is 23.7 Å². The third-order valence-corrected chi connectivity index (χ3v) is 5.30. The summed E-state index contributed by atoms with van der Waals surface area (Å²) in [5, 5.41) is 0.148. The number of hydrogen-bond acceptors (Lipinski definition) is 3. The Morgan fingerprint density at radius 1 is 1.20 bits per heavy atom. The van der Waals surface area contributed by atoms with Gasteiger partial charge < -0.3 is 4.90 Å². The minimum absolute atomic E-state index is 0.0107. The van der Waals surface area contributed by atoms with E-state index in [1.165, 1.54) is 19.2 Å². The number of halogens is 1. The lowest BCUT2D eigenvalue weighted by Gasteiger charge is -2.23. The van der Waals surface area contributed by atoms with Crippen LogP contribution < -0.4 is 0 Å². The van der Waals surface area contributed by atoms with Gasteiger partial charge in [-0.2, -0.15) is 4.31 Å². The van der Waals surface area contributed by atoms with Crippen LogP contribution in [0.1, 0.15) is 13.8 Å². The van der Waals surface area contributed by atoms with E-state index in [1.807, 2.05) is 13.8 Å². The summed E-state index contributed by atoms with van der Waals surface area (Å²) in [7, 11) is -2.39. The molecule has 1 aromatic rings. The molecule has 0 aliphatic carbocycles. The Balaban J connectivity index is 2.94. The first kappa shape index (κ1) is 16.9. The maximum atomic E-state index is 12.4. The van der Waals surface area contributed by atoms with E-state index >= 15 is 0 Å². The highest BCUT2D eigenvalue weighted by Crippen LogP contribution is 2.23. The molecule has 0 spiro atoms. The van der Waals surface area contributed by atoms with Crippen molar-refractivity contribution < 1.29 is 13.2 Å². The molecule has 0 fully saturated rings. The monoisotopic (exact) mass is 318 g/mol. The summed E-state index contributed by atoms with van der Waals surface area (Å²) in [6.45, 7) is 4.60. The number of carbonyl (C=O) groups excluding carboxylic acids is 1. The summed E-state index contributed by atoms with van der Waals surface area (Å²) < 4.78 is 25.7. The molecular formula is C13H19ClN2O3S. The number of carbonyl (C=O) groups is 1. The molecule has 0 N–H and O–H groups in total. The summed E-state index contributed by atoms with van der Waals surface area (Å²) in [6, 6.07) is 6.19. The van der Waals surface area contributed by atoms with Gasteiger partial charge in [0.25, 0.3) is 0 Å². The molecule has 0 saturated carbocycles. The molecule has 0 atom stereocenters. The van der Waals surface area contributed by atoms with Crippen molar-refractivity contribution in [2.24, 2.45) is 0 Å². The molecule has 0 aliphatic heterocycles. The molecule has 0 heterocycles. The fourth-order valence-electron chi connectivity index (χ4n) is 1.77. The van der Waals surface area contributed by atoms with Crippen LogP contribution in [0.2, 0.25) is 5.02 Å². The van der Waals surface area contributed by atoms with E-state index in [4.69, 9.17) is 11.6 Å². The lowest BCUT2D eigenvalue weighted by molar-refractivity contribution is -0.130. The molecule has 20 heavy (non-hydrogen) atoms. The van der Waals surface area contributed by atoms with Crippen molar-refractivity contribution in [3.05, 3.63) is 29.3 Å². The molecule has 0 aliphatic rings. The van der Waals surface area contributed by atoms with Gasteiger partial charge in [-0.15, -0.1) is 0 Å². The molecule has 5 nitrogen and oxygen atoms in total. The van der Waals surface area contributed by atoms with Crippen LogP contribution in [-0.2, 0) is 14.8 Å². The first-order valence-electron chi connectivity index (χ1n) is 6.33. The Morgan fingerprint density at radius 3 is 2.25 bits per heavy atom. The predicted octanol–water partition coefficient (Wildman–Crippen LogP) is 1.83. The van der Waals surface area contributed by atoms with Crippen molar-refractivity contribution >= 4 is 27.5 Å². The lowest BCUT2D eigenvalue weighted by Crippen LogP contribution is -2.41. The number of rotatable bonds is 6. The smallest absolute Gasteiger partial charge is 0.244 e. The summed E-state index contributed by atoms with van der Waals surface area (Å²) in [4.78, 5) is 13.6. The van der Waals surface area contributed by atoms with Crippen LogP contribution in [0.3, 0.4) is 0 Å². The minimum atomic E-state index is -3.76. The molecule has 0 aromatic heterocycles. The van der Waals surface area contributed by atoms with Crippen LogP contribution >= 0.6 is 11.6 Å². The average molecular weight is 319 g/mol. The molecule has 7 heteroatoms. The van der Waals surface area contributed by atoms with Gasteiger partial charge in [0.2, 0.25) is 15.9 Å². The Kier molecular flexibility index (Phi) is 5.98. The summed E-state index contributed by atoms with van der Waals surface area (Å²) in [6.07, 6.45) is 0. The van der Waals surface area contributed by atoms with Crippen LogP contribution in [0.25, 0.3) is 0 Å². The zero-order valence-electron chi connectivity index (χ0n) is 11.8. The van der Waals surface area contributed by atoms with E-state index in [0.717, 1.165) is 4.31 Å². The molecule has 1 rings (SSSR count). The Bertz CT molecular complexity index is 571. The SMILES string of the molecule is CCN(CC)C(=O)CN(C)S(=O)(=O)c1ccccc1Cl. The third kappa shape index (κ3) is 3.71. The second-order valence-electron chi connectivity index (χ2n) is 4.26. The van der Waals surface area contributed by atoms with E-state index < -0.39 is 10.0 Å². The highest BCUT2D eigenvalue weighted by atomic mass is 35.5. The van der Waals surface area contributed by atoms with Gasteiger partial charge in [0.05, 0.1) is 11.6 Å². The summed E-state index contributed by atoms with van der Waals surface area (Å²) in [5.74, 6) is -0.229. The molecule has 1 aromatic carbocycles. The van der Waals surface area contributed by atoms with Crippen LogP contribution in [-0.4, -0.2) is 50.2 Å². The maximum absolute atomic E-state index is 12.4. The largest absolute Gasteiger partial charge is 0.342 e. The number of likely N-dealkylation sites (N-methyl/N-ethyl adjacent to an activating group) is 2. The van der Waals surface area contributed by atoms with E-state index in [1.54, 1.807) is 17.0 Å². The highest BCUT2D eigenvalue weighted by molar-refractivity contribution is 7.89. The van der Waals surface area contributed by atoms with Gasteiger partial charge in [-0.25, -0.2) is 8.42 Å². The normalized spacial score (nSPS) is 11.7.